The summed E-state index contributed by atoms with van der Waals surface area (Å²) in [6.07, 6.45) is 0.368. The highest BCUT2D eigenvalue weighted by Crippen LogP contribution is 2.32. The maximum atomic E-state index is 12.1. The molecule has 2 aromatic carbocycles. The molecule has 0 aliphatic heterocycles. The minimum atomic E-state index is -0.564. The van der Waals surface area contributed by atoms with Gasteiger partial charge in [0, 0.05) is 15.1 Å². The monoisotopic (exact) mass is 406 g/mol. The minimum Gasteiger partial charge on any atom is -0.492 e. The highest BCUT2D eigenvalue weighted by Gasteiger charge is 2.24. The first-order valence-corrected chi connectivity index (χ1v) is 8.54. The highest BCUT2D eigenvalue weighted by molar-refractivity contribution is 6.36. The highest BCUT2D eigenvalue weighted by atomic mass is 35.5. The first kappa shape index (κ1) is 19.2. The van der Waals surface area contributed by atoms with Crippen LogP contribution in [0, 0.1) is 0 Å². The zero-order valence-electron chi connectivity index (χ0n) is 12.7. The van der Waals surface area contributed by atoms with E-state index in [4.69, 9.17) is 55.9 Å². The van der Waals surface area contributed by atoms with Gasteiger partial charge in [0.1, 0.15) is 5.75 Å². The molecule has 1 atom stereocenters. The van der Waals surface area contributed by atoms with Crippen LogP contribution >= 0.6 is 46.4 Å². The molecule has 0 aliphatic carbocycles. The molecular weight excluding hydrogens is 394 g/mol. The number of benzene rings is 2. The van der Waals surface area contributed by atoms with Gasteiger partial charge in [-0.15, -0.1) is 0 Å². The molecule has 128 valence electrons. The molecule has 0 unspecified atom stereocenters. The number of methoxy groups -OCH3 is 1. The fraction of sp³-hybridized carbons (Fsp3) is 0.235. The summed E-state index contributed by atoms with van der Waals surface area (Å²) in [5, 5.41) is 1.83. The van der Waals surface area contributed by atoms with E-state index in [0.29, 0.717) is 37.8 Å². The summed E-state index contributed by atoms with van der Waals surface area (Å²) >= 11 is 24.0. The number of esters is 1. The smallest absolute Gasteiger partial charge is 0.313 e. The molecule has 0 N–H and O–H groups in total. The summed E-state index contributed by atoms with van der Waals surface area (Å²) in [7, 11) is 1.33. The van der Waals surface area contributed by atoms with Gasteiger partial charge in [0.15, 0.2) is 0 Å². The van der Waals surface area contributed by atoms with Crippen molar-refractivity contribution in [2.45, 2.75) is 12.3 Å². The Kier molecular flexibility index (Phi) is 7.05. The molecule has 0 saturated heterocycles. The van der Waals surface area contributed by atoms with Crippen LogP contribution in [-0.2, 0) is 9.53 Å². The molecule has 0 aromatic heterocycles. The third-order valence-corrected chi connectivity index (χ3v) is 4.47. The number of carbonyl (C=O) groups is 1. The minimum absolute atomic E-state index is 0.250. The first-order chi connectivity index (χ1) is 11.4. The van der Waals surface area contributed by atoms with Crippen LogP contribution in [0.1, 0.15) is 17.9 Å². The fourth-order valence-corrected chi connectivity index (χ4v) is 3.21. The van der Waals surface area contributed by atoms with E-state index in [1.165, 1.54) is 7.11 Å². The van der Waals surface area contributed by atoms with Crippen LogP contribution in [-0.4, -0.2) is 19.7 Å². The number of ether oxygens (including phenoxy) is 2. The molecule has 3 nitrogen and oxygen atoms in total. The third kappa shape index (κ3) is 4.93. The van der Waals surface area contributed by atoms with Gasteiger partial charge in [-0.25, -0.2) is 0 Å². The summed E-state index contributed by atoms with van der Waals surface area (Å²) in [4.78, 5) is 12.1. The molecule has 7 heteroatoms. The number of hydrogen-bond acceptors (Lipinski definition) is 3. The predicted octanol–water partition coefficient (Wildman–Crippen LogP) is 6.03. The third-order valence-electron chi connectivity index (χ3n) is 3.38. The van der Waals surface area contributed by atoms with Crippen LogP contribution in [0.5, 0.6) is 5.75 Å². The fourth-order valence-electron chi connectivity index (χ4n) is 2.21. The largest absolute Gasteiger partial charge is 0.492 e. The summed E-state index contributed by atoms with van der Waals surface area (Å²) in [5.74, 6) is -0.470. The van der Waals surface area contributed by atoms with Crippen LogP contribution in [0.3, 0.4) is 0 Å². The molecule has 0 saturated carbocycles. The summed E-state index contributed by atoms with van der Waals surface area (Å²) in [6.45, 7) is 0.250. The van der Waals surface area contributed by atoms with E-state index in [-0.39, 0.29) is 6.61 Å². The van der Waals surface area contributed by atoms with E-state index < -0.39 is 11.9 Å². The molecule has 0 radical (unpaired) electrons. The lowest BCUT2D eigenvalue weighted by atomic mass is 9.96. The quantitative estimate of drug-likeness (QED) is 0.548. The Bertz CT molecular complexity index is 734. The van der Waals surface area contributed by atoms with Crippen LogP contribution in [0.2, 0.25) is 20.1 Å². The van der Waals surface area contributed by atoms with Gasteiger partial charge < -0.3 is 9.47 Å². The SMILES string of the molecule is COC(=O)[C@@H](CCOc1ccc(Cl)cc1Cl)c1ccc(Cl)cc1Cl. The van der Waals surface area contributed by atoms with Gasteiger partial charge in [-0.3, -0.25) is 4.79 Å². The topological polar surface area (TPSA) is 35.5 Å². The van der Waals surface area contributed by atoms with Crippen molar-refractivity contribution in [2.24, 2.45) is 0 Å². The second-order valence-corrected chi connectivity index (χ2v) is 6.64. The number of hydrogen-bond donors (Lipinski definition) is 0. The maximum Gasteiger partial charge on any atom is 0.313 e. The Morgan fingerprint density at radius 2 is 1.62 bits per heavy atom. The zero-order chi connectivity index (χ0) is 17.7. The van der Waals surface area contributed by atoms with Gasteiger partial charge in [-0.2, -0.15) is 0 Å². The molecule has 24 heavy (non-hydrogen) atoms. The first-order valence-electron chi connectivity index (χ1n) is 7.03. The second kappa shape index (κ2) is 8.82. The Hall–Kier alpha value is -1.13. The molecule has 2 aromatic rings. The molecule has 0 spiro atoms. The van der Waals surface area contributed by atoms with Crippen molar-refractivity contribution >= 4 is 52.4 Å². The summed E-state index contributed by atoms with van der Waals surface area (Å²) < 4.78 is 10.5. The molecular formula is C17H14Cl4O3. The van der Waals surface area contributed by atoms with Crippen molar-refractivity contribution in [3.8, 4) is 5.75 Å². The second-order valence-electron chi connectivity index (χ2n) is 4.95. The van der Waals surface area contributed by atoms with Gasteiger partial charge in [-0.05, 0) is 42.3 Å². The Labute approximate surface area is 160 Å². The van der Waals surface area contributed by atoms with Gasteiger partial charge in [0.25, 0.3) is 0 Å². The average Bonchev–Trinajstić information content (AvgIpc) is 2.53. The van der Waals surface area contributed by atoms with Crippen molar-refractivity contribution in [3.05, 3.63) is 62.1 Å². The summed E-state index contributed by atoms with van der Waals surface area (Å²) in [5.41, 5.74) is 0.638. The van der Waals surface area contributed by atoms with E-state index in [1.807, 2.05) is 0 Å². The number of carbonyl (C=O) groups excluding carboxylic acids is 1. The van der Waals surface area contributed by atoms with Gasteiger partial charge in [0.05, 0.1) is 24.7 Å². The molecule has 0 fully saturated rings. The zero-order valence-corrected chi connectivity index (χ0v) is 15.7. The van der Waals surface area contributed by atoms with Crippen molar-refractivity contribution in [2.75, 3.05) is 13.7 Å². The Morgan fingerprint density at radius 3 is 2.21 bits per heavy atom. The Morgan fingerprint density at radius 1 is 1.00 bits per heavy atom. The van der Waals surface area contributed by atoms with Crippen LogP contribution in [0.4, 0.5) is 0 Å². The van der Waals surface area contributed by atoms with Crippen LogP contribution in [0.25, 0.3) is 0 Å². The van der Waals surface area contributed by atoms with E-state index in [1.54, 1.807) is 36.4 Å². The molecule has 0 aliphatic rings. The maximum absolute atomic E-state index is 12.1. The van der Waals surface area contributed by atoms with E-state index in [0.717, 1.165) is 0 Å². The van der Waals surface area contributed by atoms with Crippen molar-refractivity contribution in [1.82, 2.24) is 0 Å². The molecule has 2 rings (SSSR count). The summed E-state index contributed by atoms with van der Waals surface area (Å²) in [6, 6.07) is 9.92. The normalized spacial score (nSPS) is 11.9. The number of halogens is 4. The molecule has 0 amide bonds. The standard InChI is InChI=1S/C17H14Cl4O3/c1-23-17(22)13(12-4-2-10(18)8-14(12)20)6-7-24-16-5-3-11(19)9-15(16)21/h2-5,8-9,13H,6-7H2,1H3/t13-/m0/s1. The molecule has 0 bridgehead atoms. The Balaban J connectivity index is 2.11. The average molecular weight is 408 g/mol. The lowest BCUT2D eigenvalue weighted by molar-refractivity contribution is -0.142. The van der Waals surface area contributed by atoms with Crippen molar-refractivity contribution in [3.63, 3.8) is 0 Å². The van der Waals surface area contributed by atoms with E-state index in [9.17, 15) is 4.79 Å². The van der Waals surface area contributed by atoms with E-state index >= 15 is 0 Å². The van der Waals surface area contributed by atoms with Crippen LogP contribution in [0.15, 0.2) is 36.4 Å². The predicted molar refractivity (Wildman–Crippen MR) is 97.8 cm³/mol. The lowest BCUT2D eigenvalue weighted by Gasteiger charge is -2.17. The van der Waals surface area contributed by atoms with Gasteiger partial charge in [0.2, 0.25) is 0 Å². The van der Waals surface area contributed by atoms with Gasteiger partial charge in [-0.1, -0.05) is 52.5 Å². The number of rotatable bonds is 6. The van der Waals surface area contributed by atoms with Crippen molar-refractivity contribution < 1.29 is 14.3 Å². The molecule has 0 heterocycles. The lowest BCUT2D eigenvalue weighted by Crippen LogP contribution is -2.17. The van der Waals surface area contributed by atoms with Gasteiger partial charge >= 0.3 is 5.97 Å². The van der Waals surface area contributed by atoms with Crippen molar-refractivity contribution in [1.29, 1.82) is 0 Å². The van der Waals surface area contributed by atoms with E-state index in [2.05, 4.69) is 0 Å². The van der Waals surface area contributed by atoms with Crippen LogP contribution < -0.4 is 4.74 Å².